The summed E-state index contributed by atoms with van der Waals surface area (Å²) in [7, 11) is 2.85. The standard InChI is InChI=1S/Cu.Dy.Er.Gd.GeH2.K.Os.H2P.Pd.Pt.Re.Ti.U.V.W.Yb/h;;;;1H2;;;1H2;;;;;;;;/q;;;;2*+1;;-1;;;+1;;;;;. The first-order valence-electron chi connectivity index (χ1n) is 0.962. The van der Waals surface area contributed by atoms with E-state index in [-0.39, 0.29) is 252 Å². The normalized spacial score (nSPS) is 10.2. The summed E-state index contributed by atoms with van der Waals surface area (Å²) in [5, 5.41) is 0. The zero-order chi connectivity index (χ0) is 6.41. The molecule has 0 aromatic carbocycles. The molecule has 0 rings (SSSR count). The van der Waals surface area contributed by atoms with Gasteiger partial charge in [-0.25, -0.2) is 0 Å². The molecule has 0 bridgehead atoms. The zero-order valence-electron chi connectivity index (χ0n) is 7.03. The molecule has 0 saturated heterocycles. The van der Waals surface area contributed by atoms with Crippen LogP contribution in [0.2, 0.25) is 0 Å². The van der Waals surface area contributed by atoms with Gasteiger partial charge in [-0.1, -0.05) is 0 Å². The predicted molar refractivity (Wildman–Crippen MR) is 18.3 cm³/mol. The molecule has 16 heavy (non-hydrogen) atoms. The van der Waals surface area contributed by atoms with Gasteiger partial charge in [-0.05, 0) is 0 Å². The van der Waals surface area contributed by atoms with E-state index in [0.717, 1.165) is 0 Å². The maximum absolute atomic E-state index is 5.57. The molecule has 0 heterocycles. The quantitative estimate of drug-likeness (QED) is 0.174. The fourth-order valence-corrected chi connectivity index (χ4v) is 0. The molecule has 0 N–H and O–H groups in total. The number of hydrogen-bond acceptors (Lipinski definition) is 0. The summed E-state index contributed by atoms with van der Waals surface area (Å²) in [6, 6.07) is 0. The van der Waals surface area contributed by atoms with Gasteiger partial charge in [0.05, 0.1) is 0 Å². The van der Waals surface area contributed by atoms with E-state index in [1.165, 1.54) is 14.0 Å². The molecular formula is H4CuDyErGdGeKOsPPdPtReTiUVWYb+2. The van der Waals surface area contributed by atoms with Crippen molar-refractivity contribution >= 4 is 21.4 Å². The Kier molecular flexibility index (Phi) is 107. The molecule has 0 aliphatic carbocycles. The summed E-state index contributed by atoms with van der Waals surface area (Å²) >= 11 is 14.1. The van der Waals surface area contributed by atoms with Crippen LogP contribution in [-0.4, -0.2) is 14.0 Å². The van der Waals surface area contributed by atoms with E-state index >= 15 is 0 Å². The topological polar surface area (TPSA) is 0 Å². The summed E-state index contributed by atoms with van der Waals surface area (Å²) < 4.78 is -2.74. The Morgan fingerprint density at radius 2 is 1.44 bits per heavy atom. The Morgan fingerprint density at radius 3 is 1.44 bits per heavy atom. The zero-order valence-corrected chi connectivity index (χ0v) is 42.2. The van der Waals surface area contributed by atoms with E-state index in [1.54, 1.807) is 0 Å². The number of hydrogen-bond donors (Lipinski definition) is 0. The van der Waals surface area contributed by atoms with Crippen LogP contribution in [0.5, 0.6) is 0 Å². The largest absolute Gasteiger partial charge is 0 e. The first-order chi connectivity index (χ1) is 2.45. The third-order valence-electron chi connectivity index (χ3n) is 0. The first-order valence-corrected chi connectivity index (χ1v) is 42.6. The van der Waals surface area contributed by atoms with Crippen LogP contribution in [0, 0.1) is 175 Å². The van der Waals surface area contributed by atoms with Crippen LogP contribution in [0.4, 0.5) is 0 Å². The molecule has 0 aliphatic heterocycles. The minimum atomic E-state index is -2.74. The van der Waals surface area contributed by atoms with Gasteiger partial charge in [0.2, 0.25) is 0 Å². The fraction of sp³-hybridized carbons (Fsp3) is 0. The third-order valence-corrected chi connectivity index (χ3v) is 0. The molecule has 0 aromatic rings. The van der Waals surface area contributed by atoms with Crippen LogP contribution in [0.25, 0.3) is 0 Å². The molecule has 0 saturated carbocycles. The average molecular weight is 2070 g/mol. The van der Waals surface area contributed by atoms with E-state index in [1.807, 2.05) is 33.7 Å². The van der Waals surface area contributed by atoms with Crippen molar-refractivity contribution in [2.75, 3.05) is 0 Å². The molecule has 0 aliphatic rings. The molecule has 1 radical (unpaired) electrons. The fourth-order valence-electron chi connectivity index (χ4n) is 0. The van der Waals surface area contributed by atoms with Gasteiger partial charge in [-0.2, -0.15) is 0 Å². The summed E-state index contributed by atoms with van der Waals surface area (Å²) in [6.45, 7) is 0. The molecule has 16 heteroatoms. The molecule has 1 unspecified atom stereocenters. The molecule has 121 valence electrons. The maximum atomic E-state index is 5.57. The second kappa shape index (κ2) is 27.2. The Morgan fingerprint density at radius 1 is 1.44 bits per heavy atom. The third kappa shape index (κ3) is 104. The van der Waals surface area contributed by atoms with Crippen LogP contribution in [-0.2, 0) is 123 Å². The molecule has 0 aromatic heterocycles. The molecule has 0 spiro atoms. The van der Waals surface area contributed by atoms with Gasteiger partial charge in [0.25, 0.3) is 0 Å². The van der Waals surface area contributed by atoms with Crippen molar-refractivity contribution in [2.45, 2.75) is 0 Å². The Bertz CT molecular complexity index is 123. The van der Waals surface area contributed by atoms with Crippen molar-refractivity contribution in [3.8, 4) is 0 Å². The van der Waals surface area contributed by atoms with Crippen molar-refractivity contribution in [3.63, 3.8) is 0 Å². The second-order valence-electron chi connectivity index (χ2n) is 0.991. The Labute approximate surface area is 356 Å². The van der Waals surface area contributed by atoms with Gasteiger partial charge in [0.15, 0.2) is 0 Å². The van der Waals surface area contributed by atoms with Gasteiger partial charge in [0.1, 0.15) is 0 Å². The van der Waals surface area contributed by atoms with Gasteiger partial charge < -0.3 is 0 Å². The summed E-state index contributed by atoms with van der Waals surface area (Å²) in [4.78, 5) is 0. The second-order valence-corrected chi connectivity index (χ2v) is 239. The van der Waals surface area contributed by atoms with E-state index in [2.05, 4.69) is 70.9 Å². The van der Waals surface area contributed by atoms with Crippen molar-refractivity contribution in [3.05, 3.63) is 0 Å². The van der Waals surface area contributed by atoms with Crippen molar-refractivity contribution in [2.24, 2.45) is 0 Å². The van der Waals surface area contributed by atoms with Crippen LogP contribution in [0.15, 0.2) is 0 Å². The molecule has 0 fully saturated rings. The first kappa shape index (κ1) is 63.1. The van der Waals surface area contributed by atoms with E-state index in [9.17, 15) is 0 Å². The smallest absolute Gasteiger partial charge is 0 e. The predicted octanol–water partition coefficient (Wildman–Crippen LogP) is -3.61. The Balaban J connectivity index is -0.00000000500. The van der Waals surface area contributed by atoms with Crippen molar-refractivity contribution in [1.29, 1.82) is 0 Å². The summed E-state index contributed by atoms with van der Waals surface area (Å²) in [5.74, 6) is 0. The molecule has 0 amide bonds. The van der Waals surface area contributed by atoms with Crippen LogP contribution >= 0.6 is 7.43 Å². The minimum absolute atomic E-state index is 0. The van der Waals surface area contributed by atoms with Crippen molar-refractivity contribution in [1.82, 2.24) is 0 Å². The van der Waals surface area contributed by atoms with Gasteiger partial charge in [-0.3, -0.25) is 0 Å². The van der Waals surface area contributed by atoms with E-state index in [0.29, 0.717) is 0 Å². The van der Waals surface area contributed by atoms with Crippen molar-refractivity contribution < 1.29 is 350 Å². The summed E-state index contributed by atoms with van der Waals surface area (Å²) in [6.07, 6.45) is 0. The molecule has 1 atom stereocenters. The number of rotatable bonds is 0. The van der Waals surface area contributed by atoms with Gasteiger partial charge in [-0.15, -0.1) is 0 Å². The molecule has 0 nitrogen and oxygen atoms in total. The monoisotopic (exact) mass is 2070 g/mol. The maximum Gasteiger partial charge on any atom is 0 e. The van der Waals surface area contributed by atoms with E-state index in [4.69, 9.17) is 13.5 Å². The van der Waals surface area contributed by atoms with Crippen LogP contribution < -0.4 is 51.4 Å². The summed E-state index contributed by atoms with van der Waals surface area (Å²) in [5.41, 5.74) is 0. The van der Waals surface area contributed by atoms with Gasteiger partial charge >= 0.3 is 171 Å². The SMILES string of the molecule is [K+].[Os].[PH2][Re]([Cu])([GeH2+])([Gd])([Dy])[Er].[Pd].[Pt].[Ti].[U].[V].[W].[Yb]. The van der Waals surface area contributed by atoms with Gasteiger partial charge in [0, 0.05) is 201 Å². The van der Waals surface area contributed by atoms with E-state index < -0.39 is -12.9 Å². The van der Waals surface area contributed by atoms with Crippen LogP contribution in [0.1, 0.15) is 0 Å². The minimum Gasteiger partial charge on any atom is 0 e. The Hall–Kier alpha value is 14.2. The average Bonchev–Trinajstić information content (AvgIpc) is 0.592. The van der Waals surface area contributed by atoms with Crippen LogP contribution in [0.3, 0.4) is 0 Å². The molecular weight excluding hydrogens is 2060 g/mol.